The smallest absolute Gasteiger partial charge is 0.320 e. The van der Waals surface area contributed by atoms with Crippen LogP contribution < -0.4 is 5.32 Å². The third-order valence-electron chi connectivity index (χ3n) is 1.87. The Morgan fingerprint density at radius 3 is 3.07 bits per heavy atom. The molecule has 15 heavy (non-hydrogen) atoms. The molecule has 0 aliphatic carbocycles. The number of aryl methyl sites for hydroxylation is 1. The van der Waals surface area contributed by atoms with Crippen LogP contribution in [0.15, 0.2) is 6.33 Å². The van der Waals surface area contributed by atoms with Crippen molar-refractivity contribution in [3.05, 3.63) is 12.2 Å². The fourth-order valence-electron chi connectivity index (χ4n) is 0.989. The number of esters is 1. The Morgan fingerprint density at radius 2 is 2.53 bits per heavy atom. The molecule has 1 rings (SSSR count). The van der Waals surface area contributed by atoms with Gasteiger partial charge in [-0.25, -0.2) is 0 Å². The van der Waals surface area contributed by atoms with Gasteiger partial charge in [-0.1, -0.05) is 15.9 Å². The van der Waals surface area contributed by atoms with Gasteiger partial charge in [0.2, 0.25) is 0 Å². The second-order valence-corrected chi connectivity index (χ2v) is 4.08. The molecule has 0 aliphatic heterocycles. The van der Waals surface area contributed by atoms with Gasteiger partial charge in [0.1, 0.15) is 17.0 Å². The molecule has 0 fully saturated rings. The lowest BCUT2D eigenvalue weighted by Gasteiger charge is -2.08. The number of carbonyl (C=O) groups is 1. The first-order valence-electron chi connectivity index (χ1n) is 4.40. The maximum atomic E-state index is 11.0. The summed E-state index contributed by atoms with van der Waals surface area (Å²) in [4.78, 5) is 10.7. The van der Waals surface area contributed by atoms with Crippen LogP contribution in [0.5, 0.6) is 0 Å². The summed E-state index contributed by atoms with van der Waals surface area (Å²) in [5.41, 5.74) is 0. The predicted molar refractivity (Wildman–Crippen MR) is 57.4 cm³/mol. The highest BCUT2D eigenvalue weighted by molar-refractivity contribution is 9.10. The summed E-state index contributed by atoms with van der Waals surface area (Å²) in [5, 5.41) is 10.7. The predicted octanol–water partition coefficient (Wildman–Crippen LogP) is -0.159. The van der Waals surface area contributed by atoms with Crippen LogP contribution in [-0.2, 0) is 23.1 Å². The average molecular weight is 277 g/mol. The number of alkyl halides is 1. The molecule has 1 N–H and O–H groups in total. The minimum absolute atomic E-state index is 0.291. The fraction of sp³-hybridized carbons (Fsp3) is 0.625. The van der Waals surface area contributed by atoms with Gasteiger partial charge in [0.15, 0.2) is 0 Å². The van der Waals surface area contributed by atoms with E-state index in [2.05, 4.69) is 36.2 Å². The molecule has 0 spiro atoms. The fourth-order valence-corrected chi connectivity index (χ4v) is 1.40. The van der Waals surface area contributed by atoms with E-state index in [4.69, 9.17) is 0 Å². The summed E-state index contributed by atoms with van der Waals surface area (Å²) in [6, 6.07) is 0. The zero-order valence-corrected chi connectivity index (χ0v) is 10.2. The van der Waals surface area contributed by atoms with E-state index in [1.807, 2.05) is 11.6 Å². The molecule has 0 saturated heterocycles. The molecule has 1 unspecified atom stereocenters. The molecule has 1 heterocycles. The van der Waals surface area contributed by atoms with Crippen LogP contribution in [-0.4, -0.2) is 39.2 Å². The highest BCUT2D eigenvalue weighted by Crippen LogP contribution is 2.00. The summed E-state index contributed by atoms with van der Waals surface area (Å²) >= 11 is 3.21. The van der Waals surface area contributed by atoms with E-state index in [1.54, 1.807) is 6.33 Å². The number of nitrogens with one attached hydrogen (secondary N) is 1. The Bertz CT molecular complexity index is 328. The quantitative estimate of drug-likeness (QED) is 0.598. The van der Waals surface area contributed by atoms with Crippen molar-refractivity contribution in [3.63, 3.8) is 0 Å². The van der Waals surface area contributed by atoms with Gasteiger partial charge >= 0.3 is 5.97 Å². The summed E-state index contributed by atoms with van der Waals surface area (Å²) in [6.07, 6.45) is 1.63. The number of ether oxygens (including phenoxy) is 1. The van der Waals surface area contributed by atoms with Crippen molar-refractivity contribution in [1.82, 2.24) is 20.1 Å². The van der Waals surface area contributed by atoms with Gasteiger partial charge in [-0.3, -0.25) is 4.79 Å². The molecule has 1 aromatic rings. The molecule has 6 nitrogen and oxygen atoms in total. The minimum atomic E-state index is -0.337. The summed E-state index contributed by atoms with van der Waals surface area (Å²) < 4.78 is 6.38. The normalized spacial score (nSPS) is 12.5. The third-order valence-corrected chi connectivity index (χ3v) is 2.57. The Kier molecular flexibility index (Phi) is 4.70. The second-order valence-electron chi connectivity index (χ2n) is 2.98. The topological polar surface area (TPSA) is 69.0 Å². The molecule has 0 amide bonds. The molecule has 1 aromatic heterocycles. The first-order valence-corrected chi connectivity index (χ1v) is 5.32. The van der Waals surface area contributed by atoms with Gasteiger partial charge in [0.25, 0.3) is 0 Å². The highest BCUT2D eigenvalue weighted by atomic mass is 79.9. The number of halogens is 1. The van der Waals surface area contributed by atoms with E-state index in [0.717, 1.165) is 5.82 Å². The van der Waals surface area contributed by atoms with Crippen LogP contribution >= 0.6 is 15.9 Å². The first-order chi connectivity index (χ1) is 7.15. The second kappa shape index (κ2) is 5.82. The Labute approximate surface area is 96.1 Å². The van der Waals surface area contributed by atoms with Gasteiger partial charge < -0.3 is 14.6 Å². The Hall–Kier alpha value is -0.950. The number of hydrogen-bond acceptors (Lipinski definition) is 5. The number of methoxy groups -OCH3 is 1. The van der Waals surface area contributed by atoms with Crippen LogP contribution in [0.1, 0.15) is 5.82 Å². The standard InChI is InChI=1S/C8H13BrN4O2/c1-13-5-11-12-7(13)4-10-3-6(9)8(14)15-2/h5-6,10H,3-4H2,1-2H3. The van der Waals surface area contributed by atoms with Crippen molar-refractivity contribution in [2.75, 3.05) is 13.7 Å². The lowest BCUT2D eigenvalue weighted by Crippen LogP contribution is -2.30. The van der Waals surface area contributed by atoms with E-state index in [-0.39, 0.29) is 10.8 Å². The lowest BCUT2D eigenvalue weighted by atomic mass is 10.4. The van der Waals surface area contributed by atoms with Crippen LogP contribution in [0.3, 0.4) is 0 Å². The molecular weight excluding hydrogens is 264 g/mol. The number of aromatic nitrogens is 3. The number of rotatable bonds is 5. The van der Waals surface area contributed by atoms with E-state index in [1.165, 1.54) is 7.11 Å². The molecule has 0 bridgehead atoms. The molecule has 0 aromatic carbocycles. The number of carbonyl (C=O) groups excluding carboxylic acids is 1. The van der Waals surface area contributed by atoms with Crippen LogP contribution in [0.4, 0.5) is 0 Å². The van der Waals surface area contributed by atoms with E-state index >= 15 is 0 Å². The summed E-state index contributed by atoms with van der Waals surface area (Å²) in [5.74, 6) is 0.528. The molecule has 0 radical (unpaired) electrons. The molecule has 7 heteroatoms. The van der Waals surface area contributed by atoms with Crippen LogP contribution in [0, 0.1) is 0 Å². The Balaban J connectivity index is 2.28. The maximum absolute atomic E-state index is 11.0. The summed E-state index contributed by atoms with van der Waals surface area (Å²) in [7, 11) is 3.22. The van der Waals surface area contributed by atoms with E-state index in [0.29, 0.717) is 13.1 Å². The molecule has 0 saturated carbocycles. The SMILES string of the molecule is COC(=O)C(Br)CNCc1nncn1C. The zero-order chi connectivity index (χ0) is 11.3. The van der Waals surface area contributed by atoms with Crippen LogP contribution in [0.25, 0.3) is 0 Å². The molecule has 84 valence electrons. The van der Waals surface area contributed by atoms with Crippen molar-refractivity contribution in [2.24, 2.45) is 7.05 Å². The van der Waals surface area contributed by atoms with E-state index < -0.39 is 0 Å². The van der Waals surface area contributed by atoms with Gasteiger partial charge in [-0.05, 0) is 0 Å². The zero-order valence-electron chi connectivity index (χ0n) is 8.61. The number of nitrogens with zero attached hydrogens (tertiary/aromatic N) is 3. The van der Waals surface area contributed by atoms with Gasteiger partial charge in [-0.2, -0.15) is 0 Å². The van der Waals surface area contributed by atoms with Crippen molar-refractivity contribution in [2.45, 2.75) is 11.4 Å². The molecule has 0 aliphatic rings. The van der Waals surface area contributed by atoms with Gasteiger partial charge in [0.05, 0.1) is 13.7 Å². The first kappa shape index (κ1) is 12.1. The minimum Gasteiger partial charge on any atom is -0.468 e. The number of hydrogen-bond donors (Lipinski definition) is 1. The monoisotopic (exact) mass is 276 g/mol. The van der Waals surface area contributed by atoms with Crippen molar-refractivity contribution < 1.29 is 9.53 Å². The van der Waals surface area contributed by atoms with Crippen molar-refractivity contribution >= 4 is 21.9 Å². The third kappa shape index (κ3) is 3.60. The van der Waals surface area contributed by atoms with Crippen molar-refractivity contribution in [1.29, 1.82) is 0 Å². The highest BCUT2D eigenvalue weighted by Gasteiger charge is 2.14. The maximum Gasteiger partial charge on any atom is 0.320 e. The molecular formula is C8H13BrN4O2. The Morgan fingerprint density at radius 1 is 1.80 bits per heavy atom. The summed E-state index contributed by atoms with van der Waals surface area (Å²) in [6.45, 7) is 1.05. The lowest BCUT2D eigenvalue weighted by molar-refractivity contribution is -0.139. The average Bonchev–Trinajstić information content (AvgIpc) is 2.63. The van der Waals surface area contributed by atoms with E-state index in [9.17, 15) is 4.79 Å². The van der Waals surface area contributed by atoms with Crippen molar-refractivity contribution in [3.8, 4) is 0 Å². The van der Waals surface area contributed by atoms with Gasteiger partial charge in [-0.15, -0.1) is 10.2 Å². The largest absolute Gasteiger partial charge is 0.468 e. The van der Waals surface area contributed by atoms with Gasteiger partial charge in [0, 0.05) is 13.6 Å². The molecule has 1 atom stereocenters. The van der Waals surface area contributed by atoms with Crippen LogP contribution in [0.2, 0.25) is 0 Å².